The van der Waals surface area contributed by atoms with Crippen molar-refractivity contribution >= 4 is 23.0 Å². The van der Waals surface area contributed by atoms with Crippen molar-refractivity contribution in [1.29, 1.82) is 0 Å². The molecule has 1 saturated heterocycles. The highest BCUT2D eigenvalue weighted by Gasteiger charge is 2.20. The summed E-state index contributed by atoms with van der Waals surface area (Å²) in [5, 5.41) is 5.05. The monoisotopic (exact) mass is 319 g/mol. The highest BCUT2D eigenvalue weighted by atomic mass is 35.5. The predicted octanol–water partition coefficient (Wildman–Crippen LogP) is 2.29. The molecule has 0 atom stereocenters. The molecule has 6 heteroatoms. The summed E-state index contributed by atoms with van der Waals surface area (Å²) < 4.78 is 1.93. The van der Waals surface area contributed by atoms with Gasteiger partial charge in [-0.05, 0) is 25.1 Å². The number of benzene rings is 1. The van der Waals surface area contributed by atoms with E-state index in [1.807, 2.05) is 36.1 Å². The maximum absolute atomic E-state index is 6.31. The summed E-state index contributed by atoms with van der Waals surface area (Å²) in [4.78, 5) is 4.79. The lowest BCUT2D eigenvalue weighted by Crippen LogP contribution is -2.46. The van der Waals surface area contributed by atoms with Crippen LogP contribution >= 0.6 is 11.6 Å². The SMILES string of the molecule is Cc1c(CN2CCN(c3ccc(N)cc3Cl)CC2)cnn1C. The zero-order valence-corrected chi connectivity index (χ0v) is 13.8. The van der Waals surface area contributed by atoms with Crippen molar-refractivity contribution in [3.63, 3.8) is 0 Å². The molecule has 1 fully saturated rings. The Hall–Kier alpha value is -1.72. The van der Waals surface area contributed by atoms with Crippen LogP contribution in [0.15, 0.2) is 24.4 Å². The molecule has 0 saturated carbocycles. The van der Waals surface area contributed by atoms with Gasteiger partial charge in [0.05, 0.1) is 16.9 Å². The van der Waals surface area contributed by atoms with Gasteiger partial charge in [-0.2, -0.15) is 5.10 Å². The maximum Gasteiger partial charge on any atom is 0.0660 e. The largest absolute Gasteiger partial charge is 0.399 e. The topological polar surface area (TPSA) is 50.3 Å². The molecule has 22 heavy (non-hydrogen) atoms. The van der Waals surface area contributed by atoms with Gasteiger partial charge in [0, 0.05) is 56.7 Å². The summed E-state index contributed by atoms with van der Waals surface area (Å²) in [5.41, 5.74) is 10.1. The maximum atomic E-state index is 6.31. The Morgan fingerprint density at radius 2 is 1.95 bits per heavy atom. The molecule has 1 aliphatic rings. The molecule has 0 unspecified atom stereocenters. The van der Waals surface area contributed by atoms with Crippen LogP contribution < -0.4 is 10.6 Å². The highest BCUT2D eigenvalue weighted by molar-refractivity contribution is 6.33. The van der Waals surface area contributed by atoms with Crippen molar-refractivity contribution in [3.05, 3.63) is 40.7 Å². The van der Waals surface area contributed by atoms with Crippen molar-refractivity contribution in [2.75, 3.05) is 36.8 Å². The molecule has 0 bridgehead atoms. The van der Waals surface area contributed by atoms with Gasteiger partial charge >= 0.3 is 0 Å². The zero-order valence-electron chi connectivity index (χ0n) is 13.1. The second-order valence-electron chi connectivity index (χ2n) is 5.85. The Kier molecular flexibility index (Phi) is 4.27. The van der Waals surface area contributed by atoms with Gasteiger partial charge < -0.3 is 10.6 Å². The number of nitrogens with zero attached hydrogens (tertiary/aromatic N) is 4. The Labute approximate surface area is 136 Å². The first-order valence-corrected chi connectivity index (χ1v) is 7.92. The van der Waals surface area contributed by atoms with Gasteiger partial charge in [0.2, 0.25) is 0 Å². The van der Waals surface area contributed by atoms with Gasteiger partial charge in [-0.25, -0.2) is 0 Å². The van der Waals surface area contributed by atoms with E-state index in [9.17, 15) is 0 Å². The minimum absolute atomic E-state index is 0.708. The fourth-order valence-electron chi connectivity index (χ4n) is 2.87. The summed E-state index contributed by atoms with van der Waals surface area (Å²) in [6, 6.07) is 5.74. The van der Waals surface area contributed by atoms with Gasteiger partial charge in [0.25, 0.3) is 0 Å². The molecule has 0 radical (unpaired) electrons. The molecule has 2 heterocycles. The summed E-state index contributed by atoms with van der Waals surface area (Å²) in [6.07, 6.45) is 1.97. The first-order valence-electron chi connectivity index (χ1n) is 7.54. The first-order chi connectivity index (χ1) is 10.5. The van der Waals surface area contributed by atoms with E-state index >= 15 is 0 Å². The molecule has 2 aromatic rings. The van der Waals surface area contributed by atoms with Crippen LogP contribution in [0.1, 0.15) is 11.3 Å². The van der Waals surface area contributed by atoms with E-state index in [1.54, 1.807) is 0 Å². The smallest absolute Gasteiger partial charge is 0.0660 e. The minimum Gasteiger partial charge on any atom is -0.399 e. The number of nitrogen functional groups attached to an aromatic ring is 1. The Morgan fingerprint density at radius 3 is 2.55 bits per heavy atom. The van der Waals surface area contributed by atoms with E-state index in [4.69, 9.17) is 17.3 Å². The number of anilines is 2. The van der Waals surface area contributed by atoms with Gasteiger partial charge in [-0.3, -0.25) is 9.58 Å². The molecule has 2 N–H and O–H groups in total. The number of halogens is 1. The number of hydrogen-bond donors (Lipinski definition) is 1. The molecule has 1 aromatic carbocycles. The third-order valence-corrected chi connectivity index (χ3v) is 4.72. The molecular weight excluding hydrogens is 298 g/mol. The lowest BCUT2D eigenvalue weighted by Gasteiger charge is -2.36. The van der Waals surface area contributed by atoms with Gasteiger partial charge in [-0.1, -0.05) is 11.6 Å². The van der Waals surface area contributed by atoms with E-state index in [1.165, 1.54) is 11.3 Å². The molecule has 5 nitrogen and oxygen atoms in total. The molecule has 3 rings (SSSR count). The number of aryl methyl sites for hydroxylation is 1. The number of nitrogens with two attached hydrogens (primary N) is 1. The van der Waals surface area contributed by atoms with Crippen LogP contribution in [0.4, 0.5) is 11.4 Å². The molecule has 0 spiro atoms. The standard InChI is InChI=1S/C16H22ClN5/c1-12-13(10-19-20(12)2)11-21-5-7-22(8-6-21)16-4-3-14(18)9-15(16)17/h3-4,9-10H,5-8,11,18H2,1-2H3. The average molecular weight is 320 g/mol. The fourth-order valence-corrected chi connectivity index (χ4v) is 3.18. The molecule has 0 amide bonds. The predicted molar refractivity (Wildman–Crippen MR) is 91.3 cm³/mol. The van der Waals surface area contributed by atoms with Crippen LogP contribution in [-0.2, 0) is 13.6 Å². The third-order valence-electron chi connectivity index (χ3n) is 4.42. The first kappa shape index (κ1) is 15.2. The van der Waals surface area contributed by atoms with Crippen molar-refractivity contribution in [2.24, 2.45) is 7.05 Å². The number of aromatic nitrogens is 2. The second kappa shape index (κ2) is 6.18. The molecule has 118 valence electrons. The van der Waals surface area contributed by atoms with Gasteiger partial charge in [-0.15, -0.1) is 0 Å². The van der Waals surface area contributed by atoms with Gasteiger partial charge in [0.1, 0.15) is 0 Å². The Balaban J connectivity index is 1.61. The molecule has 1 aliphatic heterocycles. The Morgan fingerprint density at radius 1 is 1.23 bits per heavy atom. The van der Waals surface area contributed by atoms with E-state index in [2.05, 4.69) is 21.8 Å². The Bertz CT molecular complexity index is 659. The van der Waals surface area contributed by atoms with E-state index < -0.39 is 0 Å². The quantitative estimate of drug-likeness (QED) is 0.882. The van der Waals surface area contributed by atoms with E-state index in [-0.39, 0.29) is 0 Å². The van der Waals surface area contributed by atoms with Crippen LogP contribution in [0.5, 0.6) is 0 Å². The lowest BCUT2D eigenvalue weighted by atomic mass is 10.2. The van der Waals surface area contributed by atoms with Crippen LogP contribution in [-0.4, -0.2) is 40.9 Å². The summed E-state index contributed by atoms with van der Waals surface area (Å²) >= 11 is 6.31. The van der Waals surface area contributed by atoms with E-state index in [0.717, 1.165) is 43.4 Å². The third kappa shape index (κ3) is 3.05. The summed E-state index contributed by atoms with van der Waals surface area (Å²) in [7, 11) is 1.99. The van der Waals surface area contributed by atoms with E-state index in [0.29, 0.717) is 5.69 Å². The zero-order chi connectivity index (χ0) is 15.7. The van der Waals surface area contributed by atoms with Gasteiger partial charge in [0.15, 0.2) is 0 Å². The van der Waals surface area contributed by atoms with Crippen molar-refractivity contribution in [1.82, 2.24) is 14.7 Å². The minimum atomic E-state index is 0.708. The van der Waals surface area contributed by atoms with Crippen molar-refractivity contribution in [3.8, 4) is 0 Å². The second-order valence-corrected chi connectivity index (χ2v) is 6.26. The number of hydrogen-bond acceptors (Lipinski definition) is 4. The molecule has 0 aliphatic carbocycles. The molecular formula is C16H22ClN5. The number of rotatable bonds is 3. The average Bonchev–Trinajstić information content (AvgIpc) is 2.80. The van der Waals surface area contributed by atoms with Crippen molar-refractivity contribution < 1.29 is 0 Å². The molecule has 1 aromatic heterocycles. The van der Waals surface area contributed by atoms with Crippen LogP contribution in [0.2, 0.25) is 5.02 Å². The fraction of sp³-hybridized carbons (Fsp3) is 0.438. The highest BCUT2D eigenvalue weighted by Crippen LogP contribution is 2.28. The normalized spacial score (nSPS) is 16.2. The summed E-state index contributed by atoms with van der Waals surface area (Å²) in [5.74, 6) is 0. The number of piperazine rings is 1. The van der Waals surface area contributed by atoms with Crippen LogP contribution in [0.3, 0.4) is 0 Å². The lowest BCUT2D eigenvalue weighted by molar-refractivity contribution is 0.249. The summed E-state index contributed by atoms with van der Waals surface area (Å²) in [6.45, 7) is 7.08. The van der Waals surface area contributed by atoms with Crippen molar-refractivity contribution in [2.45, 2.75) is 13.5 Å². The van der Waals surface area contributed by atoms with Crippen LogP contribution in [0.25, 0.3) is 0 Å². The van der Waals surface area contributed by atoms with Crippen LogP contribution in [0, 0.1) is 6.92 Å².